The summed E-state index contributed by atoms with van der Waals surface area (Å²) < 4.78 is 55.7. The number of carbonyl (C=O) groups is 1. The number of carbonyl (C=O) groups excluding carboxylic acids is 1. The van der Waals surface area contributed by atoms with Crippen molar-refractivity contribution in [3.05, 3.63) is 70.4 Å². The molecule has 0 amide bonds. The van der Waals surface area contributed by atoms with Gasteiger partial charge in [-0.15, -0.1) is 0 Å². The molecule has 2 aromatic carbocycles. The minimum atomic E-state index is -2.18. The molecule has 0 bridgehead atoms. The van der Waals surface area contributed by atoms with E-state index < -0.39 is 22.9 Å². The fraction of sp³-hybridized carbons (Fsp3) is 0.227. The Morgan fingerprint density at radius 3 is 2.68 bits per heavy atom. The monoisotopic (exact) mass is 446 g/mol. The van der Waals surface area contributed by atoms with Gasteiger partial charge in [0.15, 0.2) is 17.3 Å². The molecule has 3 N–H and O–H groups in total. The number of nitrogens with one attached hydrogen (secondary N) is 2. The Balaban J connectivity index is 1.82. The number of aromatic nitrogens is 1. The van der Waals surface area contributed by atoms with E-state index in [2.05, 4.69) is 9.71 Å². The molecule has 1 aliphatic rings. The van der Waals surface area contributed by atoms with Crippen LogP contribution in [0, 0.1) is 18.6 Å². The number of Topliss-reactive ketones (excluding diaryl/α,β-unsaturated/α-hetero) is 1. The molecular formula is C22H20F2N2O4S. The van der Waals surface area contributed by atoms with Gasteiger partial charge in [0.25, 0.3) is 0 Å². The molecule has 0 aliphatic heterocycles. The minimum Gasteiger partial charge on any atom is -0.454 e. The van der Waals surface area contributed by atoms with Crippen molar-refractivity contribution < 1.29 is 27.1 Å². The summed E-state index contributed by atoms with van der Waals surface area (Å²) in [7, 11) is 0. The van der Waals surface area contributed by atoms with Gasteiger partial charge in [-0.05, 0) is 55.2 Å². The summed E-state index contributed by atoms with van der Waals surface area (Å²) in [5.74, 6) is -1.32. The third kappa shape index (κ3) is 4.43. The lowest BCUT2D eigenvalue weighted by molar-refractivity contribution is 0.0972. The summed E-state index contributed by atoms with van der Waals surface area (Å²) in [6, 6.07) is 8.09. The number of aryl methyl sites for hydroxylation is 1. The molecule has 0 radical (unpaired) electrons. The average Bonchev–Trinajstić information content (AvgIpc) is 3.07. The fourth-order valence-electron chi connectivity index (χ4n) is 3.88. The second-order valence-electron chi connectivity index (χ2n) is 7.33. The second kappa shape index (κ2) is 8.70. The van der Waals surface area contributed by atoms with E-state index in [0.717, 1.165) is 29.8 Å². The van der Waals surface area contributed by atoms with Crippen LogP contribution in [0.5, 0.6) is 11.5 Å². The van der Waals surface area contributed by atoms with Crippen LogP contribution in [0.15, 0.2) is 36.4 Å². The standard InChI is InChI=1S/C22H20F2N2O4S/c1-12-21-15(3-2-4-18(21)27)22(26-12)16-9-13(11-25-31(28)29)5-7-19(16)30-20-8-6-14(23)10-17(20)24/h5-10,25-26H,2-4,11H2,1H3,(H,28,29). The number of rotatable bonds is 6. The number of ether oxygens (including phenoxy) is 1. The molecule has 6 nitrogen and oxygen atoms in total. The minimum absolute atomic E-state index is 0.0711. The lowest BCUT2D eigenvalue weighted by atomic mass is 9.89. The van der Waals surface area contributed by atoms with E-state index >= 15 is 0 Å². The van der Waals surface area contributed by atoms with Crippen LogP contribution in [0.3, 0.4) is 0 Å². The molecule has 1 atom stereocenters. The molecule has 162 valence electrons. The first-order chi connectivity index (χ1) is 14.8. The largest absolute Gasteiger partial charge is 0.454 e. The Hall–Kier alpha value is -2.88. The van der Waals surface area contributed by atoms with Gasteiger partial charge in [-0.2, -0.15) is 0 Å². The number of ketones is 1. The molecule has 9 heteroatoms. The van der Waals surface area contributed by atoms with Gasteiger partial charge in [0.05, 0.1) is 5.69 Å². The smallest absolute Gasteiger partial charge is 0.232 e. The third-order valence-electron chi connectivity index (χ3n) is 5.23. The van der Waals surface area contributed by atoms with Crippen molar-refractivity contribution in [2.45, 2.75) is 32.7 Å². The van der Waals surface area contributed by atoms with Crippen LogP contribution in [-0.2, 0) is 24.2 Å². The maximum atomic E-state index is 14.2. The normalized spacial score (nSPS) is 14.4. The molecule has 0 fully saturated rings. The Bertz CT molecular complexity index is 1190. The van der Waals surface area contributed by atoms with Gasteiger partial charge in [-0.25, -0.2) is 17.7 Å². The number of halogens is 2. The quantitative estimate of drug-likeness (QED) is 0.474. The van der Waals surface area contributed by atoms with E-state index in [4.69, 9.17) is 9.29 Å². The maximum Gasteiger partial charge on any atom is 0.232 e. The van der Waals surface area contributed by atoms with Gasteiger partial charge in [-0.3, -0.25) is 9.35 Å². The van der Waals surface area contributed by atoms with Gasteiger partial charge >= 0.3 is 0 Å². The zero-order valence-corrected chi connectivity index (χ0v) is 17.4. The molecule has 1 aliphatic carbocycles. The predicted octanol–water partition coefficient (Wildman–Crippen LogP) is 4.81. The summed E-state index contributed by atoms with van der Waals surface area (Å²) in [5, 5.41) is 0. The Labute approximate surface area is 180 Å². The van der Waals surface area contributed by atoms with Gasteiger partial charge < -0.3 is 9.72 Å². The van der Waals surface area contributed by atoms with Crippen molar-refractivity contribution >= 4 is 17.0 Å². The summed E-state index contributed by atoms with van der Waals surface area (Å²) in [6.45, 7) is 1.94. The van der Waals surface area contributed by atoms with E-state index in [9.17, 15) is 17.8 Å². The van der Waals surface area contributed by atoms with Crippen LogP contribution in [-0.4, -0.2) is 19.5 Å². The Morgan fingerprint density at radius 2 is 1.94 bits per heavy atom. The number of fused-ring (bicyclic) bond motifs is 1. The molecule has 1 heterocycles. The van der Waals surface area contributed by atoms with Crippen molar-refractivity contribution in [3.63, 3.8) is 0 Å². The van der Waals surface area contributed by atoms with E-state index in [1.54, 1.807) is 18.2 Å². The number of H-pyrrole nitrogens is 1. The van der Waals surface area contributed by atoms with Crippen LogP contribution in [0.4, 0.5) is 8.78 Å². The molecule has 0 spiro atoms. The fourth-order valence-corrected chi connectivity index (χ4v) is 4.17. The highest BCUT2D eigenvalue weighted by Crippen LogP contribution is 2.40. The molecule has 3 aromatic rings. The first-order valence-electron chi connectivity index (χ1n) is 9.68. The van der Waals surface area contributed by atoms with Gasteiger partial charge in [-0.1, -0.05) is 6.07 Å². The third-order valence-corrected chi connectivity index (χ3v) is 5.62. The van der Waals surface area contributed by atoms with E-state index in [0.29, 0.717) is 41.0 Å². The number of aromatic amines is 1. The molecule has 4 rings (SSSR count). The van der Waals surface area contributed by atoms with Gasteiger partial charge in [0, 0.05) is 35.9 Å². The zero-order valence-electron chi connectivity index (χ0n) is 16.6. The first kappa shape index (κ1) is 21.4. The van der Waals surface area contributed by atoms with Crippen LogP contribution in [0.1, 0.15) is 40.0 Å². The van der Waals surface area contributed by atoms with Gasteiger partial charge in [0.1, 0.15) is 11.6 Å². The molecule has 1 unspecified atom stereocenters. The second-order valence-corrected chi connectivity index (χ2v) is 8.12. The van der Waals surface area contributed by atoms with Crippen LogP contribution in [0.2, 0.25) is 0 Å². The number of hydrogen-bond donors (Lipinski definition) is 3. The molecule has 1 aromatic heterocycles. The van der Waals surface area contributed by atoms with Crippen molar-refractivity contribution in [3.8, 4) is 22.8 Å². The zero-order chi connectivity index (χ0) is 22.1. The maximum absolute atomic E-state index is 14.2. The van der Waals surface area contributed by atoms with E-state index in [1.807, 2.05) is 6.92 Å². The van der Waals surface area contributed by atoms with Crippen LogP contribution < -0.4 is 9.46 Å². The molecule has 0 saturated heterocycles. The first-order valence-corrected chi connectivity index (χ1v) is 10.8. The van der Waals surface area contributed by atoms with Crippen molar-refractivity contribution in [1.82, 2.24) is 9.71 Å². The highest BCUT2D eigenvalue weighted by Gasteiger charge is 2.27. The Kier molecular flexibility index (Phi) is 5.99. The van der Waals surface area contributed by atoms with Crippen LogP contribution in [0.25, 0.3) is 11.3 Å². The molecule has 31 heavy (non-hydrogen) atoms. The summed E-state index contributed by atoms with van der Waals surface area (Å²) in [5.41, 5.74) is 4.23. The van der Waals surface area contributed by atoms with Crippen LogP contribution >= 0.6 is 0 Å². The topological polar surface area (TPSA) is 91.4 Å². The highest BCUT2D eigenvalue weighted by molar-refractivity contribution is 7.77. The summed E-state index contributed by atoms with van der Waals surface area (Å²) in [4.78, 5) is 15.7. The summed E-state index contributed by atoms with van der Waals surface area (Å²) in [6.07, 6.45) is 1.92. The predicted molar refractivity (Wildman–Crippen MR) is 112 cm³/mol. The van der Waals surface area contributed by atoms with Crippen molar-refractivity contribution in [1.29, 1.82) is 0 Å². The molecule has 0 saturated carbocycles. The van der Waals surface area contributed by atoms with E-state index in [-0.39, 0.29) is 18.1 Å². The van der Waals surface area contributed by atoms with Crippen molar-refractivity contribution in [2.24, 2.45) is 0 Å². The number of benzene rings is 2. The SMILES string of the molecule is Cc1[nH]c(-c2cc(CNS(=O)O)ccc2Oc2ccc(F)cc2F)c2c1C(=O)CCC2. The van der Waals surface area contributed by atoms with E-state index in [1.165, 1.54) is 6.07 Å². The lowest BCUT2D eigenvalue weighted by Gasteiger charge is -2.16. The Morgan fingerprint density at radius 1 is 1.16 bits per heavy atom. The van der Waals surface area contributed by atoms with Crippen molar-refractivity contribution in [2.75, 3.05) is 0 Å². The highest BCUT2D eigenvalue weighted by atomic mass is 32.2. The molecular weight excluding hydrogens is 426 g/mol. The number of hydrogen-bond acceptors (Lipinski definition) is 3. The summed E-state index contributed by atoms with van der Waals surface area (Å²) >= 11 is -2.18. The average molecular weight is 446 g/mol. The van der Waals surface area contributed by atoms with Gasteiger partial charge in [0.2, 0.25) is 11.3 Å². The lowest BCUT2D eigenvalue weighted by Crippen LogP contribution is -2.15.